The van der Waals surface area contributed by atoms with Gasteiger partial charge in [-0.05, 0) is 31.9 Å². The third-order valence-corrected chi connectivity index (χ3v) is 3.73. The van der Waals surface area contributed by atoms with Crippen molar-refractivity contribution in [3.63, 3.8) is 0 Å². The topological polar surface area (TPSA) is 72.5 Å². The van der Waals surface area contributed by atoms with E-state index in [-0.39, 0.29) is 6.04 Å². The highest BCUT2D eigenvalue weighted by molar-refractivity contribution is 5.83. The number of H-pyrrole nitrogens is 1. The lowest BCUT2D eigenvalue weighted by Gasteiger charge is -2.12. The molecule has 3 rings (SSSR count). The van der Waals surface area contributed by atoms with Crippen LogP contribution in [0.1, 0.15) is 30.2 Å². The number of benzene rings is 1. The lowest BCUT2D eigenvalue weighted by atomic mass is 10.1. The molecule has 20 heavy (non-hydrogen) atoms. The number of para-hydroxylation sites is 1. The number of rotatable bonds is 4. The summed E-state index contributed by atoms with van der Waals surface area (Å²) >= 11 is 0. The second kappa shape index (κ2) is 5.09. The van der Waals surface area contributed by atoms with Gasteiger partial charge >= 0.3 is 0 Å². The zero-order valence-corrected chi connectivity index (χ0v) is 11.8. The fourth-order valence-corrected chi connectivity index (χ4v) is 2.69. The maximum absolute atomic E-state index is 6.33. The first-order chi connectivity index (χ1) is 9.70. The summed E-state index contributed by atoms with van der Waals surface area (Å²) in [6, 6.07) is 8.12. The molecule has 3 N–H and O–H groups in total. The van der Waals surface area contributed by atoms with Crippen molar-refractivity contribution in [3.8, 4) is 0 Å². The van der Waals surface area contributed by atoms with Gasteiger partial charge < -0.3 is 15.3 Å². The zero-order valence-electron chi connectivity index (χ0n) is 11.8. The number of nitrogens with two attached hydrogens (primary N) is 1. The van der Waals surface area contributed by atoms with Crippen LogP contribution in [0.4, 0.5) is 0 Å². The van der Waals surface area contributed by atoms with E-state index in [0.717, 1.165) is 30.1 Å². The highest BCUT2D eigenvalue weighted by atomic mass is 15.3. The second-order valence-corrected chi connectivity index (χ2v) is 5.02. The van der Waals surface area contributed by atoms with Gasteiger partial charge in [0.05, 0.1) is 6.04 Å². The van der Waals surface area contributed by atoms with Crippen LogP contribution >= 0.6 is 0 Å². The number of aromatic nitrogens is 4. The Hall–Kier alpha value is -2.14. The van der Waals surface area contributed by atoms with Gasteiger partial charge in [-0.3, -0.25) is 0 Å². The van der Waals surface area contributed by atoms with Gasteiger partial charge in [0.15, 0.2) is 0 Å². The van der Waals surface area contributed by atoms with Gasteiger partial charge in [-0.1, -0.05) is 18.2 Å². The van der Waals surface area contributed by atoms with E-state index >= 15 is 0 Å². The molecule has 0 unspecified atom stereocenters. The molecule has 0 spiro atoms. The summed E-state index contributed by atoms with van der Waals surface area (Å²) in [7, 11) is 0. The van der Waals surface area contributed by atoms with Crippen LogP contribution in [0, 0.1) is 6.92 Å². The highest BCUT2D eigenvalue weighted by Gasteiger charge is 2.17. The van der Waals surface area contributed by atoms with E-state index in [9.17, 15) is 0 Å². The molecular weight excluding hydrogens is 250 g/mol. The number of nitrogens with one attached hydrogen (secondary N) is 1. The molecule has 0 aliphatic rings. The van der Waals surface area contributed by atoms with Gasteiger partial charge in [-0.15, -0.1) is 10.2 Å². The molecule has 0 saturated carbocycles. The Balaban J connectivity index is 1.90. The molecule has 5 nitrogen and oxygen atoms in total. The summed E-state index contributed by atoms with van der Waals surface area (Å²) in [6.45, 7) is 4.88. The van der Waals surface area contributed by atoms with E-state index in [1.54, 1.807) is 0 Å². The van der Waals surface area contributed by atoms with Gasteiger partial charge in [-0.25, -0.2) is 0 Å². The average molecular weight is 269 g/mol. The van der Waals surface area contributed by atoms with Gasteiger partial charge in [0.1, 0.15) is 11.6 Å². The molecule has 0 radical (unpaired) electrons. The SMILES string of the molecule is CCn1c(C)nnc1[C@H](N)Cc1c[nH]c2ccccc12. The van der Waals surface area contributed by atoms with E-state index in [4.69, 9.17) is 5.73 Å². The molecule has 1 aromatic carbocycles. The molecule has 5 heteroatoms. The number of aromatic amines is 1. The molecule has 0 saturated heterocycles. The highest BCUT2D eigenvalue weighted by Crippen LogP contribution is 2.22. The quantitative estimate of drug-likeness (QED) is 0.763. The third-order valence-electron chi connectivity index (χ3n) is 3.73. The Morgan fingerprint density at radius 2 is 2.10 bits per heavy atom. The van der Waals surface area contributed by atoms with Crippen LogP contribution in [-0.4, -0.2) is 19.7 Å². The zero-order chi connectivity index (χ0) is 14.1. The van der Waals surface area contributed by atoms with Gasteiger partial charge in [-0.2, -0.15) is 0 Å². The first-order valence-electron chi connectivity index (χ1n) is 6.91. The lowest BCUT2D eigenvalue weighted by molar-refractivity contribution is 0.593. The van der Waals surface area contributed by atoms with Crippen molar-refractivity contribution >= 4 is 10.9 Å². The fraction of sp³-hybridized carbons (Fsp3) is 0.333. The monoisotopic (exact) mass is 269 g/mol. The lowest BCUT2D eigenvalue weighted by Crippen LogP contribution is -2.19. The van der Waals surface area contributed by atoms with E-state index in [1.807, 2.05) is 25.3 Å². The molecule has 2 heterocycles. The van der Waals surface area contributed by atoms with Crippen molar-refractivity contribution in [2.45, 2.75) is 32.9 Å². The maximum atomic E-state index is 6.33. The van der Waals surface area contributed by atoms with Gasteiger partial charge in [0, 0.05) is 23.6 Å². The van der Waals surface area contributed by atoms with Crippen LogP contribution < -0.4 is 5.73 Å². The third kappa shape index (κ3) is 2.10. The van der Waals surface area contributed by atoms with Crippen LogP contribution in [0.3, 0.4) is 0 Å². The van der Waals surface area contributed by atoms with Crippen LogP contribution in [0.15, 0.2) is 30.5 Å². The second-order valence-electron chi connectivity index (χ2n) is 5.02. The van der Waals surface area contributed by atoms with Crippen LogP contribution in [-0.2, 0) is 13.0 Å². The molecule has 0 bridgehead atoms. The molecule has 3 aromatic rings. The molecule has 0 aliphatic carbocycles. The number of nitrogens with zero attached hydrogens (tertiary/aromatic N) is 3. The summed E-state index contributed by atoms with van der Waals surface area (Å²) in [5.41, 5.74) is 8.69. The summed E-state index contributed by atoms with van der Waals surface area (Å²) < 4.78 is 2.07. The summed E-state index contributed by atoms with van der Waals surface area (Å²) in [5, 5.41) is 9.57. The van der Waals surface area contributed by atoms with E-state index in [0.29, 0.717) is 0 Å². The smallest absolute Gasteiger partial charge is 0.150 e. The van der Waals surface area contributed by atoms with Crippen molar-refractivity contribution in [1.82, 2.24) is 19.7 Å². The minimum absolute atomic E-state index is 0.143. The first-order valence-corrected chi connectivity index (χ1v) is 6.91. The molecule has 0 aliphatic heterocycles. The van der Waals surface area contributed by atoms with Crippen LogP contribution in [0.5, 0.6) is 0 Å². The molecule has 1 atom stereocenters. The van der Waals surface area contributed by atoms with E-state index < -0.39 is 0 Å². The minimum Gasteiger partial charge on any atom is -0.361 e. The normalized spacial score (nSPS) is 12.9. The standard InChI is InChI=1S/C15H19N5/c1-3-20-10(2)18-19-15(20)13(16)8-11-9-17-14-7-5-4-6-12(11)14/h4-7,9,13,17H,3,8,16H2,1-2H3/t13-/m1/s1. The van der Waals surface area contributed by atoms with Crippen molar-refractivity contribution < 1.29 is 0 Å². The Morgan fingerprint density at radius 3 is 2.90 bits per heavy atom. The van der Waals surface area contributed by atoms with Crippen LogP contribution in [0.2, 0.25) is 0 Å². The van der Waals surface area contributed by atoms with Gasteiger partial charge in [0.2, 0.25) is 0 Å². The number of hydrogen-bond donors (Lipinski definition) is 2. The molecule has 0 fully saturated rings. The van der Waals surface area contributed by atoms with Crippen molar-refractivity contribution in [2.75, 3.05) is 0 Å². The predicted octanol–water partition coefficient (Wildman–Crippen LogP) is 2.33. The van der Waals surface area contributed by atoms with E-state index in [1.165, 1.54) is 10.9 Å². The molecular formula is C15H19N5. The first kappa shape index (κ1) is 12.9. The summed E-state index contributed by atoms with van der Waals surface area (Å²) in [4.78, 5) is 3.28. The Bertz CT molecular complexity index is 725. The van der Waals surface area contributed by atoms with Crippen molar-refractivity contribution in [2.24, 2.45) is 5.73 Å². The maximum Gasteiger partial charge on any atom is 0.150 e. The van der Waals surface area contributed by atoms with Crippen LogP contribution in [0.25, 0.3) is 10.9 Å². The van der Waals surface area contributed by atoms with Crippen molar-refractivity contribution in [1.29, 1.82) is 0 Å². The van der Waals surface area contributed by atoms with Crippen molar-refractivity contribution in [3.05, 3.63) is 47.7 Å². The Labute approximate surface area is 117 Å². The summed E-state index contributed by atoms with van der Waals surface area (Å²) in [6.07, 6.45) is 2.78. The van der Waals surface area contributed by atoms with E-state index in [2.05, 4.69) is 38.8 Å². The fourth-order valence-electron chi connectivity index (χ4n) is 2.69. The minimum atomic E-state index is -0.143. The Kier molecular flexibility index (Phi) is 3.28. The Morgan fingerprint density at radius 1 is 1.30 bits per heavy atom. The average Bonchev–Trinajstić information content (AvgIpc) is 3.03. The predicted molar refractivity (Wildman–Crippen MR) is 79.4 cm³/mol. The number of aryl methyl sites for hydroxylation is 1. The molecule has 0 amide bonds. The molecule has 104 valence electrons. The summed E-state index contributed by atoms with van der Waals surface area (Å²) in [5.74, 6) is 1.77. The number of hydrogen-bond acceptors (Lipinski definition) is 3. The number of fused-ring (bicyclic) bond motifs is 1. The largest absolute Gasteiger partial charge is 0.361 e. The van der Waals surface area contributed by atoms with Gasteiger partial charge in [0.25, 0.3) is 0 Å². The molecule has 2 aromatic heterocycles.